The highest BCUT2D eigenvalue weighted by atomic mass is 16.2. The molecule has 0 radical (unpaired) electrons. The molecule has 0 aromatic heterocycles. The summed E-state index contributed by atoms with van der Waals surface area (Å²) < 4.78 is 0. The van der Waals surface area contributed by atoms with Gasteiger partial charge in [-0.05, 0) is 50.6 Å². The number of carbonyl (C=O) groups excluding carboxylic acids is 4. The first-order chi connectivity index (χ1) is 13.5. The second kappa shape index (κ2) is 7.44. The number of imide groups is 2. The van der Waals surface area contributed by atoms with E-state index < -0.39 is 23.8 Å². The molecular formula is C20H24N4O4. The van der Waals surface area contributed by atoms with Gasteiger partial charge in [0.05, 0.1) is 11.1 Å². The largest absolute Gasteiger partial charge is 0.315 e. The lowest BCUT2D eigenvalue weighted by atomic mass is 10.0. The van der Waals surface area contributed by atoms with E-state index in [0.29, 0.717) is 23.7 Å². The number of fused-ring (bicyclic) bond motifs is 1. The molecular weight excluding hydrogens is 360 g/mol. The van der Waals surface area contributed by atoms with E-state index >= 15 is 0 Å². The van der Waals surface area contributed by atoms with Crippen LogP contribution in [-0.2, 0) is 16.1 Å². The highest BCUT2D eigenvalue weighted by molar-refractivity contribution is 6.23. The number of rotatable bonds is 4. The van der Waals surface area contributed by atoms with Crippen LogP contribution in [0, 0.1) is 0 Å². The number of nitrogens with zero attached hydrogens (tertiary/aromatic N) is 2. The standard InChI is InChI=1S/C20H24N4O4/c1-23(13-3-2-8-21-10-13)11-12-4-5-14-15(9-12)20(28)24(19(14)27)16-6-7-17(25)22-18(16)26/h4-5,9,13,16,21H,2-3,6-8,10-11H2,1H3,(H,22,25,26)/t13-,16?/m0/s1. The molecule has 8 heteroatoms. The summed E-state index contributed by atoms with van der Waals surface area (Å²) in [5.41, 5.74) is 1.61. The molecule has 4 rings (SSSR count). The maximum Gasteiger partial charge on any atom is 0.262 e. The van der Waals surface area contributed by atoms with Crippen LogP contribution in [0.3, 0.4) is 0 Å². The summed E-state index contributed by atoms with van der Waals surface area (Å²) in [5, 5.41) is 5.61. The first kappa shape index (κ1) is 18.8. The lowest BCUT2D eigenvalue weighted by Gasteiger charge is -2.31. The maximum absolute atomic E-state index is 12.9. The average molecular weight is 384 g/mol. The van der Waals surface area contributed by atoms with Gasteiger partial charge in [0.1, 0.15) is 6.04 Å². The van der Waals surface area contributed by atoms with Gasteiger partial charge in [0.15, 0.2) is 0 Å². The quantitative estimate of drug-likeness (QED) is 0.723. The van der Waals surface area contributed by atoms with Gasteiger partial charge in [-0.3, -0.25) is 34.3 Å². The van der Waals surface area contributed by atoms with E-state index in [2.05, 4.69) is 22.6 Å². The van der Waals surface area contributed by atoms with E-state index in [-0.39, 0.29) is 18.7 Å². The van der Waals surface area contributed by atoms with E-state index in [9.17, 15) is 19.2 Å². The Hall–Kier alpha value is -2.58. The van der Waals surface area contributed by atoms with Crippen LogP contribution in [0.1, 0.15) is 52.0 Å². The summed E-state index contributed by atoms with van der Waals surface area (Å²) in [6.45, 7) is 2.68. The first-order valence-corrected chi connectivity index (χ1v) is 9.71. The summed E-state index contributed by atoms with van der Waals surface area (Å²) in [4.78, 5) is 52.4. The fourth-order valence-electron chi connectivity index (χ4n) is 4.24. The Balaban J connectivity index is 1.52. The third-order valence-corrected chi connectivity index (χ3v) is 5.83. The molecule has 1 aromatic rings. The fraction of sp³-hybridized carbons (Fsp3) is 0.500. The predicted octanol–water partition coefficient (Wildman–Crippen LogP) is 0.272. The molecule has 2 fully saturated rings. The Labute approximate surface area is 163 Å². The van der Waals surface area contributed by atoms with Crippen LogP contribution in [-0.4, -0.2) is 65.6 Å². The Morgan fingerprint density at radius 1 is 1.11 bits per heavy atom. The SMILES string of the molecule is CN(Cc1ccc2c(c1)C(=O)N(C1CCC(=O)NC1=O)C2=O)[C@H]1CCCNC1. The smallest absolute Gasteiger partial charge is 0.262 e. The molecule has 2 saturated heterocycles. The van der Waals surface area contributed by atoms with Crippen molar-refractivity contribution >= 4 is 23.6 Å². The molecule has 3 aliphatic heterocycles. The van der Waals surface area contributed by atoms with Crippen LogP contribution >= 0.6 is 0 Å². The van der Waals surface area contributed by atoms with Crippen LogP contribution in [0.15, 0.2) is 18.2 Å². The van der Waals surface area contributed by atoms with Crippen LogP contribution in [0.5, 0.6) is 0 Å². The second-order valence-electron chi connectivity index (χ2n) is 7.74. The third-order valence-electron chi connectivity index (χ3n) is 5.83. The van der Waals surface area contributed by atoms with Crippen LogP contribution in [0.25, 0.3) is 0 Å². The van der Waals surface area contributed by atoms with Gasteiger partial charge in [-0.25, -0.2) is 0 Å². The summed E-state index contributed by atoms with van der Waals surface area (Å²) in [7, 11) is 2.06. The van der Waals surface area contributed by atoms with Crippen molar-refractivity contribution in [1.82, 2.24) is 20.4 Å². The van der Waals surface area contributed by atoms with Gasteiger partial charge in [0, 0.05) is 25.6 Å². The van der Waals surface area contributed by atoms with Gasteiger partial charge in [0.25, 0.3) is 11.8 Å². The van der Waals surface area contributed by atoms with E-state index in [4.69, 9.17) is 0 Å². The van der Waals surface area contributed by atoms with Crippen LogP contribution in [0.2, 0.25) is 0 Å². The third kappa shape index (κ3) is 3.33. The zero-order chi connectivity index (χ0) is 19.8. The van der Waals surface area contributed by atoms with Crippen molar-refractivity contribution in [3.63, 3.8) is 0 Å². The molecule has 0 spiro atoms. The predicted molar refractivity (Wildman–Crippen MR) is 100 cm³/mol. The summed E-state index contributed by atoms with van der Waals surface area (Å²) in [6, 6.07) is 4.81. The number of likely N-dealkylation sites (N-methyl/N-ethyl adjacent to an activating group) is 1. The van der Waals surface area contributed by atoms with Gasteiger partial charge in [0.2, 0.25) is 11.8 Å². The molecule has 0 aliphatic carbocycles. The van der Waals surface area contributed by atoms with Crippen molar-refractivity contribution in [2.45, 2.75) is 44.3 Å². The Morgan fingerprint density at radius 3 is 2.61 bits per heavy atom. The first-order valence-electron chi connectivity index (χ1n) is 9.71. The molecule has 3 aliphatic rings. The van der Waals surface area contributed by atoms with Gasteiger partial charge in [-0.15, -0.1) is 0 Å². The Bertz CT molecular complexity index is 847. The zero-order valence-electron chi connectivity index (χ0n) is 15.9. The molecule has 0 saturated carbocycles. The molecule has 1 aromatic carbocycles. The van der Waals surface area contributed by atoms with Gasteiger partial charge in [-0.2, -0.15) is 0 Å². The van der Waals surface area contributed by atoms with E-state index in [1.807, 2.05) is 6.07 Å². The molecule has 2 atom stereocenters. The number of carbonyl (C=O) groups is 4. The minimum atomic E-state index is -0.926. The average Bonchev–Trinajstić information content (AvgIpc) is 2.93. The Morgan fingerprint density at radius 2 is 1.89 bits per heavy atom. The number of piperidine rings is 2. The van der Waals surface area contributed by atoms with E-state index in [1.165, 1.54) is 0 Å². The number of benzene rings is 1. The van der Waals surface area contributed by atoms with Gasteiger partial charge >= 0.3 is 0 Å². The highest BCUT2D eigenvalue weighted by Crippen LogP contribution is 2.28. The minimum Gasteiger partial charge on any atom is -0.315 e. The topological polar surface area (TPSA) is 98.8 Å². The van der Waals surface area contributed by atoms with Crippen LogP contribution in [0.4, 0.5) is 0 Å². The summed E-state index contributed by atoms with van der Waals surface area (Å²) >= 11 is 0. The second-order valence-corrected chi connectivity index (χ2v) is 7.74. The summed E-state index contributed by atoms with van der Waals surface area (Å²) in [5.74, 6) is -1.89. The maximum atomic E-state index is 12.9. The van der Waals surface area contributed by atoms with Crippen molar-refractivity contribution < 1.29 is 19.2 Å². The van der Waals surface area contributed by atoms with Crippen molar-refractivity contribution in [2.24, 2.45) is 0 Å². The van der Waals surface area contributed by atoms with Crippen molar-refractivity contribution in [3.8, 4) is 0 Å². The highest BCUT2D eigenvalue weighted by Gasteiger charge is 2.44. The number of amides is 4. The normalized spacial score (nSPS) is 25.3. The van der Waals surface area contributed by atoms with Crippen molar-refractivity contribution in [2.75, 3.05) is 20.1 Å². The molecule has 148 valence electrons. The van der Waals surface area contributed by atoms with E-state index in [1.54, 1.807) is 12.1 Å². The number of hydrogen-bond acceptors (Lipinski definition) is 6. The fourth-order valence-corrected chi connectivity index (χ4v) is 4.24. The summed E-state index contributed by atoms with van der Waals surface area (Å²) in [6.07, 6.45) is 2.57. The monoisotopic (exact) mass is 384 g/mol. The van der Waals surface area contributed by atoms with Gasteiger partial charge in [-0.1, -0.05) is 6.07 Å². The molecule has 28 heavy (non-hydrogen) atoms. The van der Waals surface area contributed by atoms with Crippen molar-refractivity contribution in [1.29, 1.82) is 0 Å². The lowest BCUT2D eigenvalue weighted by molar-refractivity contribution is -0.136. The molecule has 1 unspecified atom stereocenters. The molecule has 8 nitrogen and oxygen atoms in total. The van der Waals surface area contributed by atoms with E-state index in [0.717, 1.165) is 36.4 Å². The number of nitrogens with one attached hydrogen (secondary N) is 2. The van der Waals surface area contributed by atoms with Crippen molar-refractivity contribution in [3.05, 3.63) is 34.9 Å². The zero-order valence-corrected chi connectivity index (χ0v) is 15.9. The van der Waals surface area contributed by atoms with Gasteiger partial charge < -0.3 is 5.32 Å². The number of hydrogen-bond donors (Lipinski definition) is 2. The molecule has 3 heterocycles. The Kier molecular flexibility index (Phi) is 4.99. The lowest BCUT2D eigenvalue weighted by Crippen LogP contribution is -2.54. The molecule has 4 amide bonds. The minimum absolute atomic E-state index is 0.120. The molecule has 2 N–H and O–H groups in total. The molecule has 0 bridgehead atoms. The van der Waals surface area contributed by atoms with Crippen LogP contribution < -0.4 is 10.6 Å².